The maximum absolute atomic E-state index is 11.1. The molecule has 0 fully saturated rings. The van der Waals surface area contributed by atoms with Crippen molar-refractivity contribution < 1.29 is 13.6 Å². The zero-order valence-electron chi connectivity index (χ0n) is 7.17. The molecule has 84 valence electrons. The van der Waals surface area contributed by atoms with Gasteiger partial charge in [0.15, 0.2) is 0 Å². The molecule has 14 heavy (non-hydrogen) atoms. The van der Waals surface area contributed by atoms with Gasteiger partial charge in [-0.1, -0.05) is 63.7 Å². The summed E-state index contributed by atoms with van der Waals surface area (Å²) in [7, 11) is -2.01. The standard InChI is InChI=1S/C6H10Br4O3P/c7-1-5(9)3-12-14(11)13-4-6(10)2-8/h5-6H,1-4H2/q+1. The Labute approximate surface area is 118 Å². The molecular weight excluding hydrogens is 471 g/mol. The van der Waals surface area contributed by atoms with Gasteiger partial charge >= 0.3 is 8.25 Å². The molecule has 2 unspecified atom stereocenters. The summed E-state index contributed by atoms with van der Waals surface area (Å²) in [6, 6.07) is 0. The molecule has 0 aromatic rings. The van der Waals surface area contributed by atoms with Gasteiger partial charge in [0.25, 0.3) is 0 Å². The zero-order valence-corrected chi connectivity index (χ0v) is 14.4. The molecule has 0 amide bonds. The monoisotopic (exact) mass is 477 g/mol. The van der Waals surface area contributed by atoms with E-state index in [1.165, 1.54) is 0 Å². The molecule has 0 aromatic heterocycles. The molecule has 0 heterocycles. The van der Waals surface area contributed by atoms with E-state index in [4.69, 9.17) is 9.05 Å². The minimum Gasteiger partial charge on any atom is -0.118 e. The Morgan fingerprint density at radius 2 is 1.36 bits per heavy atom. The van der Waals surface area contributed by atoms with E-state index < -0.39 is 8.25 Å². The lowest BCUT2D eigenvalue weighted by Gasteiger charge is -1.99. The molecule has 0 aliphatic rings. The second-order valence-corrected chi connectivity index (χ2v) is 7.17. The highest BCUT2D eigenvalue weighted by Gasteiger charge is 2.23. The molecule has 3 nitrogen and oxygen atoms in total. The van der Waals surface area contributed by atoms with Crippen LogP contribution in [0.2, 0.25) is 0 Å². The van der Waals surface area contributed by atoms with Gasteiger partial charge in [-0.05, 0) is 0 Å². The normalized spacial score (nSPS) is 16.4. The highest BCUT2D eigenvalue weighted by molar-refractivity contribution is 9.12. The number of hydrogen-bond donors (Lipinski definition) is 0. The maximum Gasteiger partial charge on any atom is 0.697 e. The van der Waals surface area contributed by atoms with Crippen LogP contribution >= 0.6 is 72.0 Å². The van der Waals surface area contributed by atoms with Crippen molar-refractivity contribution in [3.8, 4) is 0 Å². The molecule has 0 aliphatic heterocycles. The van der Waals surface area contributed by atoms with Crippen LogP contribution in [0.15, 0.2) is 0 Å². The van der Waals surface area contributed by atoms with Crippen molar-refractivity contribution in [3.05, 3.63) is 0 Å². The van der Waals surface area contributed by atoms with E-state index in [1.807, 2.05) is 0 Å². The molecule has 0 radical (unpaired) electrons. The van der Waals surface area contributed by atoms with Gasteiger partial charge in [-0.15, -0.1) is 9.05 Å². The Kier molecular flexibility index (Phi) is 11.5. The van der Waals surface area contributed by atoms with Crippen molar-refractivity contribution in [1.82, 2.24) is 0 Å². The van der Waals surface area contributed by atoms with Gasteiger partial charge in [-0.2, -0.15) is 0 Å². The first-order chi connectivity index (χ1) is 6.60. The Morgan fingerprint density at radius 1 is 1.00 bits per heavy atom. The predicted molar refractivity (Wildman–Crippen MR) is 72.5 cm³/mol. The van der Waals surface area contributed by atoms with Gasteiger partial charge in [0.1, 0.15) is 13.2 Å². The van der Waals surface area contributed by atoms with Crippen molar-refractivity contribution in [2.45, 2.75) is 9.65 Å². The molecule has 0 N–H and O–H groups in total. The average Bonchev–Trinajstić information content (AvgIpc) is 2.22. The van der Waals surface area contributed by atoms with Gasteiger partial charge < -0.3 is 0 Å². The van der Waals surface area contributed by atoms with E-state index in [9.17, 15) is 4.57 Å². The molecule has 0 bridgehead atoms. The minimum atomic E-state index is -2.01. The largest absolute Gasteiger partial charge is 0.697 e. The summed E-state index contributed by atoms with van der Waals surface area (Å²) in [6.45, 7) is 0.726. The van der Waals surface area contributed by atoms with E-state index in [1.54, 1.807) is 0 Å². The first-order valence-corrected chi connectivity index (χ1v) is 8.90. The van der Waals surface area contributed by atoms with Crippen LogP contribution in [-0.4, -0.2) is 33.5 Å². The zero-order chi connectivity index (χ0) is 11.0. The van der Waals surface area contributed by atoms with Gasteiger partial charge in [-0.3, -0.25) is 0 Å². The first-order valence-electron chi connectivity index (χ1n) is 3.73. The van der Waals surface area contributed by atoms with Crippen molar-refractivity contribution in [2.24, 2.45) is 0 Å². The minimum absolute atomic E-state index is 0.154. The molecule has 0 spiro atoms. The Balaban J connectivity index is 3.46. The van der Waals surface area contributed by atoms with E-state index in [2.05, 4.69) is 63.7 Å². The van der Waals surface area contributed by atoms with Crippen molar-refractivity contribution in [3.63, 3.8) is 0 Å². The average molecular weight is 481 g/mol. The van der Waals surface area contributed by atoms with E-state index >= 15 is 0 Å². The van der Waals surface area contributed by atoms with E-state index in [-0.39, 0.29) is 9.65 Å². The number of halogens is 4. The fourth-order valence-electron chi connectivity index (χ4n) is 0.410. The van der Waals surface area contributed by atoms with Gasteiger partial charge in [-0.25, -0.2) is 0 Å². The van der Waals surface area contributed by atoms with Crippen LogP contribution in [0.3, 0.4) is 0 Å². The second kappa shape index (κ2) is 10.1. The lowest BCUT2D eigenvalue weighted by molar-refractivity contribution is 0.232. The third-order valence-corrected chi connectivity index (χ3v) is 6.25. The quantitative estimate of drug-likeness (QED) is 0.389. The number of hydrogen-bond acceptors (Lipinski definition) is 3. The molecule has 0 saturated carbocycles. The summed E-state index contributed by atoms with van der Waals surface area (Å²) < 4.78 is 21.0. The molecule has 0 aromatic carbocycles. The number of rotatable bonds is 8. The molecule has 2 atom stereocenters. The van der Waals surface area contributed by atoms with Crippen LogP contribution in [0.25, 0.3) is 0 Å². The van der Waals surface area contributed by atoms with E-state index in [0.717, 1.165) is 10.7 Å². The van der Waals surface area contributed by atoms with Crippen LogP contribution < -0.4 is 0 Å². The lowest BCUT2D eigenvalue weighted by Crippen LogP contribution is -2.09. The highest BCUT2D eigenvalue weighted by atomic mass is 79.9. The molecular formula is C6H10Br4O3P+. The summed E-state index contributed by atoms with van der Waals surface area (Å²) in [5.74, 6) is 0. The summed E-state index contributed by atoms with van der Waals surface area (Å²) >= 11 is 13.2. The second-order valence-electron chi connectivity index (χ2n) is 2.32. The van der Waals surface area contributed by atoms with Crippen LogP contribution in [0.1, 0.15) is 0 Å². The van der Waals surface area contributed by atoms with Crippen molar-refractivity contribution in [1.29, 1.82) is 0 Å². The first kappa shape index (κ1) is 15.9. The van der Waals surface area contributed by atoms with Crippen LogP contribution in [0.5, 0.6) is 0 Å². The third kappa shape index (κ3) is 9.19. The molecule has 8 heteroatoms. The number of alkyl halides is 4. The summed E-state index contributed by atoms with van der Waals surface area (Å²) in [4.78, 5) is 0.307. The Hall–Kier alpha value is 1.94. The molecule has 0 saturated heterocycles. The van der Waals surface area contributed by atoms with Gasteiger partial charge in [0.2, 0.25) is 0 Å². The fraction of sp³-hybridized carbons (Fsp3) is 1.00. The Bertz CT molecular complexity index is 155. The smallest absolute Gasteiger partial charge is 0.118 e. The maximum atomic E-state index is 11.1. The van der Waals surface area contributed by atoms with E-state index in [0.29, 0.717) is 13.2 Å². The predicted octanol–water partition coefficient (Wildman–Crippen LogP) is 3.99. The molecule has 0 aliphatic carbocycles. The highest BCUT2D eigenvalue weighted by Crippen LogP contribution is 2.26. The van der Waals surface area contributed by atoms with Crippen LogP contribution in [0.4, 0.5) is 0 Å². The fourth-order valence-corrected chi connectivity index (χ4v) is 2.13. The Morgan fingerprint density at radius 3 is 1.64 bits per heavy atom. The van der Waals surface area contributed by atoms with Gasteiger partial charge in [0, 0.05) is 15.2 Å². The van der Waals surface area contributed by atoms with Gasteiger partial charge in [0.05, 0.1) is 9.65 Å². The van der Waals surface area contributed by atoms with Crippen molar-refractivity contribution in [2.75, 3.05) is 23.9 Å². The van der Waals surface area contributed by atoms with Crippen LogP contribution in [0, 0.1) is 0 Å². The molecule has 0 rings (SSSR count). The topological polar surface area (TPSA) is 35.5 Å². The SMILES string of the molecule is O=[P+](OCC(Br)CBr)OCC(Br)CBr. The van der Waals surface area contributed by atoms with Crippen molar-refractivity contribution >= 4 is 72.0 Å². The van der Waals surface area contributed by atoms with Crippen LogP contribution in [-0.2, 0) is 13.6 Å². The third-order valence-electron chi connectivity index (χ3n) is 1.06. The summed E-state index contributed by atoms with van der Waals surface area (Å²) in [5.41, 5.74) is 0. The lowest BCUT2D eigenvalue weighted by atomic mass is 10.5. The summed E-state index contributed by atoms with van der Waals surface area (Å²) in [5, 5.41) is 1.50. The summed E-state index contributed by atoms with van der Waals surface area (Å²) in [6.07, 6.45) is 0.